The van der Waals surface area contributed by atoms with E-state index in [9.17, 15) is 9.59 Å². The van der Waals surface area contributed by atoms with Crippen LogP contribution in [0.5, 0.6) is 11.5 Å². The largest absolute Gasteiger partial charge is 0.490 e. The maximum atomic E-state index is 13.0. The van der Waals surface area contributed by atoms with Gasteiger partial charge in [0.1, 0.15) is 6.04 Å². The Bertz CT molecular complexity index is 926. The maximum absolute atomic E-state index is 13.0. The number of halogens is 2. The molecule has 0 aliphatic carbocycles. The summed E-state index contributed by atoms with van der Waals surface area (Å²) < 4.78 is 11.3. The summed E-state index contributed by atoms with van der Waals surface area (Å²) in [5.74, 6) is 0.970. The molecule has 0 bridgehead atoms. The summed E-state index contributed by atoms with van der Waals surface area (Å²) in [4.78, 5) is 25.6. The standard InChI is InChI=1S/C21H22Cl2N2O4S/c1-30-10-7-16(24-20(26)13-5-2-3-6-14(13)22)21(27)25-17-12-19-18(11-15(17)23)28-8-4-9-29-19/h2-3,5-6,11-12,16H,4,7-10H2,1H3,(H,24,26)(H,25,27). The van der Waals surface area contributed by atoms with Crippen molar-refractivity contribution in [2.24, 2.45) is 0 Å². The molecule has 0 spiro atoms. The van der Waals surface area contributed by atoms with Crippen molar-refractivity contribution in [1.82, 2.24) is 5.32 Å². The average Bonchev–Trinajstić information content (AvgIpc) is 2.96. The summed E-state index contributed by atoms with van der Waals surface area (Å²) in [6.45, 7) is 1.06. The van der Waals surface area contributed by atoms with Gasteiger partial charge in [0.05, 0.1) is 34.5 Å². The normalized spacial score (nSPS) is 13.8. The predicted octanol–water partition coefficient (Wildman–Crippen LogP) is 4.64. The molecule has 0 radical (unpaired) electrons. The Balaban J connectivity index is 1.76. The Morgan fingerprint density at radius 1 is 1.10 bits per heavy atom. The van der Waals surface area contributed by atoms with Gasteiger partial charge in [-0.1, -0.05) is 35.3 Å². The summed E-state index contributed by atoms with van der Waals surface area (Å²) in [5, 5.41) is 6.22. The van der Waals surface area contributed by atoms with Crippen LogP contribution in [-0.4, -0.2) is 43.1 Å². The van der Waals surface area contributed by atoms with Crippen LogP contribution in [0.1, 0.15) is 23.2 Å². The van der Waals surface area contributed by atoms with E-state index in [0.717, 1.165) is 6.42 Å². The van der Waals surface area contributed by atoms with Crippen LogP contribution < -0.4 is 20.1 Å². The second-order valence-corrected chi connectivity index (χ2v) is 8.41. The lowest BCUT2D eigenvalue weighted by atomic mass is 10.1. The fourth-order valence-electron chi connectivity index (χ4n) is 2.89. The van der Waals surface area contributed by atoms with Crippen LogP contribution >= 0.6 is 35.0 Å². The predicted molar refractivity (Wildman–Crippen MR) is 121 cm³/mol. The average molecular weight is 469 g/mol. The highest BCUT2D eigenvalue weighted by Crippen LogP contribution is 2.37. The number of anilines is 1. The molecule has 160 valence electrons. The molecule has 2 aromatic carbocycles. The van der Waals surface area contributed by atoms with Gasteiger partial charge in [0, 0.05) is 18.6 Å². The zero-order valence-electron chi connectivity index (χ0n) is 16.4. The van der Waals surface area contributed by atoms with E-state index in [0.29, 0.717) is 58.2 Å². The van der Waals surface area contributed by atoms with E-state index in [1.165, 1.54) is 0 Å². The van der Waals surface area contributed by atoms with Crippen molar-refractivity contribution in [3.63, 3.8) is 0 Å². The highest BCUT2D eigenvalue weighted by Gasteiger charge is 2.24. The molecule has 2 amide bonds. The highest BCUT2D eigenvalue weighted by molar-refractivity contribution is 7.98. The molecular formula is C21H22Cl2N2O4S. The lowest BCUT2D eigenvalue weighted by Crippen LogP contribution is -2.44. The van der Waals surface area contributed by atoms with Crippen LogP contribution in [0.3, 0.4) is 0 Å². The number of amides is 2. The lowest BCUT2D eigenvalue weighted by Gasteiger charge is -2.19. The second-order valence-electron chi connectivity index (χ2n) is 6.61. The van der Waals surface area contributed by atoms with E-state index >= 15 is 0 Å². The van der Waals surface area contributed by atoms with Gasteiger partial charge in [0.15, 0.2) is 11.5 Å². The molecule has 1 aliphatic rings. The van der Waals surface area contributed by atoms with Crippen LogP contribution in [-0.2, 0) is 4.79 Å². The van der Waals surface area contributed by atoms with Crippen molar-refractivity contribution in [2.75, 3.05) is 30.5 Å². The fourth-order valence-corrected chi connectivity index (χ4v) is 3.78. The number of carbonyl (C=O) groups excluding carboxylic acids is 2. The summed E-state index contributed by atoms with van der Waals surface area (Å²) in [7, 11) is 0. The second kappa shape index (κ2) is 10.8. The van der Waals surface area contributed by atoms with E-state index in [-0.39, 0.29) is 5.91 Å². The number of hydrogen-bond donors (Lipinski definition) is 2. The van der Waals surface area contributed by atoms with Gasteiger partial charge in [-0.2, -0.15) is 11.8 Å². The van der Waals surface area contributed by atoms with Gasteiger partial charge in [0.25, 0.3) is 5.91 Å². The fraction of sp³-hybridized carbons (Fsp3) is 0.333. The Kier molecular flexibility index (Phi) is 8.13. The van der Waals surface area contributed by atoms with Crippen LogP contribution in [0.4, 0.5) is 5.69 Å². The third-order valence-corrected chi connectivity index (χ3v) is 5.73. The summed E-state index contributed by atoms with van der Waals surface area (Å²) in [6, 6.07) is 9.21. The van der Waals surface area contributed by atoms with Gasteiger partial charge < -0.3 is 20.1 Å². The third kappa shape index (κ3) is 5.74. The lowest BCUT2D eigenvalue weighted by molar-refractivity contribution is -0.118. The molecule has 0 aromatic heterocycles. The first-order valence-corrected chi connectivity index (χ1v) is 11.6. The number of carbonyl (C=O) groups is 2. The van der Waals surface area contributed by atoms with Crippen LogP contribution in [0.25, 0.3) is 0 Å². The summed E-state index contributed by atoms with van der Waals surface area (Å²) >= 11 is 14.0. The topological polar surface area (TPSA) is 76.7 Å². The molecular weight excluding hydrogens is 447 g/mol. The van der Waals surface area contributed by atoms with Crippen LogP contribution in [0.15, 0.2) is 36.4 Å². The molecule has 2 aromatic rings. The molecule has 0 saturated carbocycles. The SMILES string of the molecule is CSCCC(NC(=O)c1ccccc1Cl)C(=O)Nc1cc2c(cc1Cl)OCCCO2. The number of ether oxygens (including phenoxy) is 2. The number of hydrogen-bond acceptors (Lipinski definition) is 5. The molecule has 0 fully saturated rings. The number of benzene rings is 2. The first-order valence-electron chi connectivity index (χ1n) is 9.44. The Hall–Kier alpha value is -2.09. The van der Waals surface area contributed by atoms with Gasteiger partial charge in [-0.3, -0.25) is 9.59 Å². The van der Waals surface area contributed by atoms with Crippen molar-refractivity contribution < 1.29 is 19.1 Å². The van der Waals surface area contributed by atoms with Gasteiger partial charge >= 0.3 is 0 Å². The molecule has 3 rings (SSSR count). The monoisotopic (exact) mass is 468 g/mol. The highest BCUT2D eigenvalue weighted by atomic mass is 35.5. The van der Waals surface area contributed by atoms with E-state index in [2.05, 4.69) is 10.6 Å². The van der Waals surface area contributed by atoms with Gasteiger partial charge in [-0.15, -0.1) is 0 Å². The molecule has 0 saturated heterocycles. The minimum Gasteiger partial charge on any atom is -0.490 e. The Morgan fingerprint density at radius 3 is 2.50 bits per heavy atom. The van der Waals surface area contributed by atoms with Gasteiger partial charge in [-0.25, -0.2) is 0 Å². The summed E-state index contributed by atoms with van der Waals surface area (Å²) in [5.41, 5.74) is 0.710. The summed E-state index contributed by atoms with van der Waals surface area (Å²) in [6.07, 6.45) is 3.15. The van der Waals surface area contributed by atoms with E-state index in [4.69, 9.17) is 32.7 Å². The van der Waals surface area contributed by atoms with E-state index < -0.39 is 11.9 Å². The van der Waals surface area contributed by atoms with Crippen molar-refractivity contribution in [1.29, 1.82) is 0 Å². The zero-order valence-corrected chi connectivity index (χ0v) is 18.7. The first-order chi connectivity index (χ1) is 14.5. The molecule has 6 nitrogen and oxygen atoms in total. The number of nitrogens with one attached hydrogen (secondary N) is 2. The van der Waals surface area contributed by atoms with Crippen LogP contribution in [0.2, 0.25) is 10.0 Å². The zero-order chi connectivity index (χ0) is 21.5. The number of fused-ring (bicyclic) bond motifs is 1. The van der Waals surface area contributed by atoms with Crippen LogP contribution in [0, 0.1) is 0 Å². The van der Waals surface area contributed by atoms with E-state index in [1.54, 1.807) is 48.2 Å². The molecule has 1 atom stereocenters. The minimum atomic E-state index is -0.756. The Labute approximate surface area is 189 Å². The molecule has 1 heterocycles. The smallest absolute Gasteiger partial charge is 0.253 e. The molecule has 9 heteroatoms. The molecule has 1 unspecified atom stereocenters. The maximum Gasteiger partial charge on any atom is 0.253 e. The van der Waals surface area contributed by atoms with Crippen molar-refractivity contribution in [3.05, 3.63) is 52.0 Å². The van der Waals surface area contributed by atoms with E-state index in [1.807, 2.05) is 6.26 Å². The minimum absolute atomic E-state index is 0.315. The van der Waals surface area contributed by atoms with Crippen molar-refractivity contribution in [2.45, 2.75) is 18.9 Å². The molecule has 30 heavy (non-hydrogen) atoms. The first kappa shape index (κ1) is 22.6. The van der Waals surface area contributed by atoms with Gasteiger partial charge in [0.2, 0.25) is 5.91 Å². The van der Waals surface area contributed by atoms with Gasteiger partial charge in [-0.05, 0) is 30.6 Å². The molecule has 2 N–H and O–H groups in total. The number of thioether (sulfide) groups is 1. The Morgan fingerprint density at radius 2 is 1.80 bits per heavy atom. The van der Waals surface area contributed by atoms with Crippen molar-refractivity contribution in [3.8, 4) is 11.5 Å². The number of rotatable bonds is 7. The quantitative estimate of drug-likeness (QED) is 0.618. The van der Waals surface area contributed by atoms with Crippen molar-refractivity contribution >= 4 is 52.5 Å². The molecule has 1 aliphatic heterocycles. The third-order valence-electron chi connectivity index (χ3n) is 4.45.